The topological polar surface area (TPSA) is 61.0 Å². The van der Waals surface area contributed by atoms with Gasteiger partial charge in [-0.3, -0.25) is 14.8 Å². The Balaban J connectivity index is 2.89. The summed E-state index contributed by atoms with van der Waals surface area (Å²) < 4.78 is 1.62. The number of nitro groups is 1. The van der Waals surface area contributed by atoms with Gasteiger partial charge in [0.25, 0.3) is 0 Å². The normalized spacial score (nSPS) is 10.8. The van der Waals surface area contributed by atoms with Gasteiger partial charge in [0.1, 0.15) is 0 Å². The fourth-order valence-corrected chi connectivity index (χ4v) is 0.923. The molecular weight excluding hydrogens is 158 g/mol. The van der Waals surface area contributed by atoms with Crippen LogP contribution in [0.25, 0.3) is 6.08 Å². The van der Waals surface area contributed by atoms with E-state index in [0.29, 0.717) is 0 Å². The Morgan fingerprint density at radius 1 is 1.75 bits per heavy atom. The van der Waals surface area contributed by atoms with E-state index in [9.17, 15) is 10.1 Å². The highest BCUT2D eigenvalue weighted by atomic mass is 16.6. The van der Waals surface area contributed by atoms with Gasteiger partial charge in [-0.2, -0.15) is 5.10 Å². The summed E-state index contributed by atoms with van der Waals surface area (Å²) >= 11 is 0. The van der Waals surface area contributed by atoms with Gasteiger partial charge < -0.3 is 0 Å². The Morgan fingerprint density at radius 2 is 2.42 bits per heavy atom. The molecule has 0 spiro atoms. The second kappa shape index (κ2) is 3.17. The number of rotatable bonds is 2. The van der Waals surface area contributed by atoms with Crippen LogP contribution in [0.3, 0.4) is 0 Å². The van der Waals surface area contributed by atoms with Gasteiger partial charge in [0, 0.05) is 24.9 Å². The van der Waals surface area contributed by atoms with Gasteiger partial charge in [0.2, 0.25) is 6.20 Å². The van der Waals surface area contributed by atoms with Crippen LogP contribution in [-0.4, -0.2) is 14.7 Å². The van der Waals surface area contributed by atoms with Crippen molar-refractivity contribution in [1.82, 2.24) is 9.78 Å². The molecule has 0 saturated heterocycles. The lowest BCUT2D eigenvalue weighted by atomic mass is 10.3. The minimum absolute atomic E-state index is 0.494. The fraction of sp³-hybridized carbons (Fsp3) is 0.286. The quantitative estimate of drug-likeness (QED) is 0.487. The van der Waals surface area contributed by atoms with E-state index in [-0.39, 0.29) is 0 Å². The third-order valence-corrected chi connectivity index (χ3v) is 1.43. The van der Waals surface area contributed by atoms with Gasteiger partial charge in [-0.25, -0.2) is 0 Å². The largest absolute Gasteiger partial charge is 0.275 e. The van der Waals surface area contributed by atoms with E-state index in [1.807, 2.05) is 0 Å². The molecule has 0 aromatic carbocycles. The van der Waals surface area contributed by atoms with E-state index in [2.05, 4.69) is 5.10 Å². The molecule has 1 rings (SSSR count). The lowest BCUT2D eigenvalue weighted by Gasteiger charge is -1.82. The average Bonchev–Trinajstić information content (AvgIpc) is 2.26. The standard InChI is InChI=1S/C7H9N3O2/c1-6-7(3-4-10(11)12)5-9(2)8-6/h3-5H,1-2H3/b4-3+. The summed E-state index contributed by atoms with van der Waals surface area (Å²) in [5, 5.41) is 14.0. The van der Waals surface area contributed by atoms with Crippen molar-refractivity contribution in [1.29, 1.82) is 0 Å². The molecule has 0 N–H and O–H groups in total. The number of aryl methyl sites for hydroxylation is 2. The second-order valence-electron chi connectivity index (χ2n) is 2.44. The Labute approximate surface area is 69.5 Å². The third kappa shape index (κ3) is 1.91. The molecule has 1 aromatic rings. The molecule has 1 heterocycles. The molecule has 0 unspecified atom stereocenters. The maximum absolute atomic E-state index is 9.98. The summed E-state index contributed by atoms with van der Waals surface area (Å²) in [6, 6.07) is 0. The smallest absolute Gasteiger partial charge is 0.235 e. The molecule has 0 saturated carbocycles. The number of hydrogen-bond acceptors (Lipinski definition) is 3. The van der Waals surface area contributed by atoms with Gasteiger partial charge in [-0.15, -0.1) is 0 Å². The molecule has 0 radical (unpaired) electrons. The van der Waals surface area contributed by atoms with Crippen LogP contribution in [0, 0.1) is 17.0 Å². The van der Waals surface area contributed by atoms with Crippen LogP contribution < -0.4 is 0 Å². The van der Waals surface area contributed by atoms with E-state index in [4.69, 9.17) is 0 Å². The van der Waals surface area contributed by atoms with Gasteiger partial charge in [0.15, 0.2) is 0 Å². The van der Waals surface area contributed by atoms with Crippen molar-refractivity contribution in [3.63, 3.8) is 0 Å². The second-order valence-corrected chi connectivity index (χ2v) is 2.44. The maximum atomic E-state index is 9.98. The van der Waals surface area contributed by atoms with Crippen LogP contribution in [0.1, 0.15) is 11.3 Å². The van der Waals surface area contributed by atoms with Crippen molar-refractivity contribution in [3.8, 4) is 0 Å². The first-order valence-electron chi connectivity index (χ1n) is 3.41. The Bertz CT molecular complexity index is 327. The monoisotopic (exact) mass is 167 g/mol. The molecule has 0 atom stereocenters. The highest BCUT2D eigenvalue weighted by Gasteiger charge is 1.99. The minimum Gasteiger partial charge on any atom is -0.275 e. The van der Waals surface area contributed by atoms with Crippen molar-refractivity contribution in [2.75, 3.05) is 0 Å². The van der Waals surface area contributed by atoms with Crippen LogP contribution >= 0.6 is 0 Å². The minimum atomic E-state index is -0.494. The van der Waals surface area contributed by atoms with E-state index < -0.39 is 4.92 Å². The molecule has 64 valence electrons. The summed E-state index contributed by atoms with van der Waals surface area (Å²) in [5.41, 5.74) is 1.56. The molecule has 1 aromatic heterocycles. The van der Waals surface area contributed by atoms with Gasteiger partial charge >= 0.3 is 0 Å². The van der Waals surface area contributed by atoms with Crippen LogP contribution in [0.15, 0.2) is 12.4 Å². The Morgan fingerprint density at radius 3 is 2.83 bits per heavy atom. The molecule has 0 aliphatic heterocycles. The first-order chi connectivity index (χ1) is 5.59. The predicted octanol–water partition coefficient (Wildman–Crippen LogP) is 0.976. The molecule has 0 fully saturated rings. The van der Waals surface area contributed by atoms with E-state index in [1.54, 1.807) is 24.9 Å². The van der Waals surface area contributed by atoms with Crippen molar-refractivity contribution < 1.29 is 4.92 Å². The molecule has 0 aliphatic rings. The van der Waals surface area contributed by atoms with E-state index >= 15 is 0 Å². The molecule has 0 bridgehead atoms. The highest BCUT2D eigenvalue weighted by Crippen LogP contribution is 2.06. The maximum Gasteiger partial charge on any atom is 0.235 e. The summed E-state index contributed by atoms with van der Waals surface area (Å²) in [4.78, 5) is 9.49. The molecule has 12 heavy (non-hydrogen) atoms. The summed E-state index contributed by atoms with van der Waals surface area (Å²) in [6.45, 7) is 1.81. The summed E-state index contributed by atoms with van der Waals surface area (Å²) in [7, 11) is 1.77. The third-order valence-electron chi connectivity index (χ3n) is 1.43. The average molecular weight is 167 g/mol. The number of nitrogens with zero attached hydrogens (tertiary/aromatic N) is 3. The van der Waals surface area contributed by atoms with Crippen LogP contribution in [0.2, 0.25) is 0 Å². The SMILES string of the molecule is Cc1nn(C)cc1/C=C/[N+](=O)[O-]. The zero-order valence-electron chi connectivity index (χ0n) is 6.89. The van der Waals surface area contributed by atoms with Crippen molar-refractivity contribution in [2.24, 2.45) is 7.05 Å². The molecule has 5 nitrogen and oxygen atoms in total. The van der Waals surface area contributed by atoms with Crippen molar-refractivity contribution in [2.45, 2.75) is 6.92 Å². The first kappa shape index (κ1) is 8.45. The van der Waals surface area contributed by atoms with E-state index in [0.717, 1.165) is 17.5 Å². The lowest BCUT2D eigenvalue weighted by molar-refractivity contribution is -0.400. The molecule has 0 amide bonds. The lowest BCUT2D eigenvalue weighted by Crippen LogP contribution is -1.86. The van der Waals surface area contributed by atoms with Crippen molar-refractivity contribution >= 4 is 6.08 Å². The van der Waals surface area contributed by atoms with Gasteiger partial charge in [-0.1, -0.05) is 0 Å². The van der Waals surface area contributed by atoms with Crippen LogP contribution in [0.5, 0.6) is 0 Å². The van der Waals surface area contributed by atoms with Crippen LogP contribution in [0.4, 0.5) is 0 Å². The Kier molecular flexibility index (Phi) is 2.23. The zero-order valence-corrected chi connectivity index (χ0v) is 6.89. The predicted molar refractivity (Wildman–Crippen MR) is 44.0 cm³/mol. The van der Waals surface area contributed by atoms with Crippen molar-refractivity contribution in [3.05, 3.63) is 33.8 Å². The Hall–Kier alpha value is -1.65. The van der Waals surface area contributed by atoms with Gasteiger partial charge in [0.05, 0.1) is 10.6 Å². The summed E-state index contributed by atoms with van der Waals surface area (Å²) in [5.74, 6) is 0. The first-order valence-corrected chi connectivity index (χ1v) is 3.41. The van der Waals surface area contributed by atoms with Crippen LogP contribution in [-0.2, 0) is 7.05 Å². The molecular formula is C7H9N3O2. The zero-order chi connectivity index (χ0) is 9.14. The number of hydrogen-bond donors (Lipinski definition) is 0. The summed E-state index contributed by atoms with van der Waals surface area (Å²) in [6.07, 6.45) is 4.07. The van der Waals surface area contributed by atoms with E-state index in [1.165, 1.54) is 6.08 Å². The number of aromatic nitrogens is 2. The molecule has 0 aliphatic carbocycles. The van der Waals surface area contributed by atoms with Gasteiger partial charge in [-0.05, 0) is 6.92 Å². The molecule has 5 heteroatoms. The highest BCUT2D eigenvalue weighted by molar-refractivity contribution is 5.49. The fourth-order valence-electron chi connectivity index (χ4n) is 0.923.